The average molecular weight is 298 g/mol. The van der Waals surface area contributed by atoms with Gasteiger partial charge in [-0.15, -0.1) is 0 Å². The molecule has 1 fully saturated rings. The molecule has 1 aliphatic heterocycles. The van der Waals surface area contributed by atoms with Gasteiger partial charge < -0.3 is 15.2 Å². The molecule has 20 heavy (non-hydrogen) atoms. The van der Waals surface area contributed by atoms with E-state index in [1.165, 1.54) is 0 Å². The van der Waals surface area contributed by atoms with Gasteiger partial charge >= 0.3 is 0 Å². The van der Waals surface area contributed by atoms with Gasteiger partial charge in [0.25, 0.3) is 0 Å². The molecular formula is C13H18N2O4S. The van der Waals surface area contributed by atoms with Crippen LogP contribution >= 0.6 is 0 Å². The number of benzene rings is 1. The maximum Gasteiger partial charge on any atom is 0.235 e. The van der Waals surface area contributed by atoms with Crippen LogP contribution in [0.2, 0.25) is 0 Å². The first-order chi connectivity index (χ1) is 9.56. The van der Waals surface area contributed by atoms with Gasteiger partial charge in [-0.2, -0.15) is 0 Å². The fourth-order valence-electron chi connectivity index (χ4n) is 2.66. The van der Waals surface area contributed by atoms with Crippen molar-refractivity contribution in [2.45, 2.75) is 37.4 Å². The zero-order chi connectivity index (χ0) is 14.2. The van der Waals surface area contributed by atoms with E-state index < -0.39 is 10.0 Å². The Balaban J connectivity index is 1.83. The topological polar surface area (TPSA) is 90.7 Å². The van der Waals surface area contributed by atoms with Crippen LogP contribution in [0, 0.1) is 0 Å². The number of nitrogen functional groups attached to an aromatic ring is 1. The molecule has 7 heteroatoms. The van der Waals surface area contributed by atoms with Crippen molar-refractivity contribution in [2.75, 3.05) is 17.2 Å². The molecule has 0 unspecified atom stereocenters. The van der Waals surface area contributed by atoms with E-state index in [1.807, 2.05) is 0 Å². The van der Waals surface area contributed by atoms with Crippen LogP contribution in [-0.2, 0) is 10.0 Å². The summed E-state index contributed by atoms with van der Waals surface area (Å²) in [5.41, 5.74) is 6.57. The van der Waals surface area contributed by atoms with Crippen molar-refractivity contribution >= 4 is 21.4 Å². The Kier molecular flexibility index (Phi) is 3.37. The Labute approximate surface area is 118 Å². The zero-order valence-corrected chi connectivity index (χ0v) is 11.9. The molecule has 1 heterocycles. The minimum Gasteiger partial charge on any atom is -0.454 e. The van der Waals surface area contributed by atoms with Gasteiger partial charge in [0.05, 0.1) is 16.6 Å². The minimum absolute atomic E-state index is 0.133. The van der Waals surface area contributed by atoms with Crippen LogP contribution in [0.1, 0.15) is 32.1 Å². The summed E-state index contributed by atoms with van der Waals surface area (Å²) < 4.78 is 37.8. The first-order valence-corrected chi connectivity index (χ1v) is 8.31. The highest BCUT2D eigenvalue weighted by atomic mass is 32.2. The van der Waals surface area contributed by atoms with Crippen molar-refractivity contribution in [1.82, 2.24) is 0 Å². The smallest absolute Gasteiger partial charge is 0.235 e. The van der Waals surface area contributed by atoms with Gasteiger partial charge in [-0.05, 0) is 12.8 Å². The lowest BCUT2D eigenvalue weighted by Gasteiger charge is -2.22. The number of hydrogen-bond acceptors (Lipinski definition) is 5. The van der Waals surface area contributed by atoms with E-state index in [4.69, 9.17) is 15.2 Å². The lowest BCUT2D eigenvalue weighted by atomic mass is 10.0. The van der Waals surface area contributed by atoms with Gasteiger partial charge in [0.2, 0.25) is 16.8 Å². The normalized spacial score (nSPS) is 19.0. The highest BCUT2D eigenvalue weighted by Gasteiger charge is 2.28. The molecule has 1 aromatic carbocycles. The van der Waals surface area contributed by atoms with Crippen molar-refractivity contribution in [2.24, 2.45) is 0 Å². The molecule has 0 saturated heterocycles. The standard InChI is InChI=1S/C13H18N2O4S/c14-10-6-12-13(19-8-18-12)7-11(10)15-20(16,17)9-4-2-1-3-5-9/h6-7,9,15H,1-5,8,14H2. The molecule has 1 aromatic rings. The van der Waals surface area contributed by atoms with Crippen molar-refractivity contribution in [3.8, 4) is 11.5 Å². The molecular weight excluding hydrogens is 280 g/mol. The molecule has 0 aromatic heterocycles. The summed E-state index contributed by atoms with van der Waals surface area (Å²) in [5, 5.41) is -0.332. The van der Waals surface area contributed by atoms with E-state index in [2.05, 4.69) is 4.72 Å². The van der Waals surface area contributed by atoms with E-state index >= 15 is 0 Å². The third-order valence-corrected chi connectivity index (χ3v) is 5.64. The molecule has 0 bridgehead atoms. The second-order valence-corrected chi connectivity index (χ2v) is 7.16. The van der Waals surface area contributed by atoms with Crippen LogP contribution < -0.4 is 19.9 Å². The molecule has 1 saturated carbocycles. The predicted octanol–water partition coefficient (Wildman–Crippen LogP) is 2.07. The number of hydrogen-bond donors (Lipinski definition) is 2. The van der Waals surface area contributed by atoms with Gasteiger partial charge in [-0.3, -0.25) is 4.72 Å². The van der Waals surface area contributed by atoms with Gasteiger partial charge in [-0.25, -0.2) is 8.42 Å². The Bertz CT molecular complexity index is 609. The first kappa shape index (κ1) is 13.4. The third-order valence-electron chi connectivity index (χ3n) is 3.79. The quantitative estimate of drug-likeness (QED) is 0.834. The van der Waals surface area contributed by atoms with Crippen molar-refractivity contribution in [3.63, 3.8) is 0 Å². The monoisotopic (exact) mass is 298 g/mol. The number of rotatable bonds is 3. The number of nitrogens with two attached hydrogens (primary N) is 1. The fraction of sp³-hybridized carbons (Fsp3) is 0.538. The number of fused-ring (bicyclic) bond motifs is 1. The summed E-state index contributed by atoms with van der Waals surface area (Å²) in [6.07, 6.45) is 4.45. The zero-order valence-electron chi connectivity index (χ0n) is 11.1. The summed E-state index contributed by atoms with van der Waals surface area (Å²) in [7, 11) is -3.40. The third kappa shape index (κ3) is 2.49. The maximum absolute atomic E-state index is 12.4. The summed E-state index contributed by atoms with van der Waals surface area (Å²) in [5.74, 6) is 1.06. The molecule has 0 spiro atoms. The van der Waals surface area contributed by atoms with E-state index in [-0.39, 0.29) is 12.0 Å². The van der Waals surface area contributed by atoms with Crippen LogP contribution in [0.4, 0.5) is 11.4 Å². The van der Waals surface area contributed by atoms with Gasteiger partial charge in [-0.1, -0.05) is 19.3 Å². The molecule has 0 atom stereocenters. The van der Waals surface area contributed by atoms with Gasteiger partial charge in [0, 0.05) is 12.1 Å². The minimum atomic E-state index is -3.40. The number of sulfonamides is 1. The highest BCUT2D eigenvalue weighted by Crippen LogP contribution is 2.39. The van der Waals surface area contributed by atoms with Crippen LogP contribution in [0.5, 0.6) is 11.5 Å². The van der Waals surface area contributed by atoms with Crippen molar-refractivity contribution in [1.29, 1.82) is 0 Å². The molecule has 3 rings (SSSR count). The predicted molar refractivity (Wildman–Crippen MR) is 76.4 cm³/mol. The molecule has 0 radical (unpaired) electrons. The van der Waals surface area contributed by atoms with E-state index in [0.717, 1.165) is 19.3 Å². The average Bonchev–Trinajstić information content (AvgIpc) is 2.87. The Morgan fingerprint density at radius 1 is 1.10 bits per heavy atom. The lowest BCUT2D eigenvalue weighted by molar-refractivity contribution is 0.174. The van der Waals surface area contributed by atoms with Crippen LogP contribution in [-0.4, -0.2) is 20.5 Å². The molecule has 110 valence electrons. The Morgan fingerprint density at radius 2 is 1.75 bits per heavy atom. The van der Waals surface area contributed by atoms with E-state index in [9.17, 15) is 8.42 Å². The summed E-state index contributed by atoms with van der Waals surface area (Å²) in [6, 6.07) is 3.17. The van der Waals surface area contributed by atoms with E-state index in [1.54, 1.807) is 12.1 Å². The molecule has 6 nitrogen and oxygen atoms in total. The van der Waals surface area contributed by atoms with Crippen LogP contribution in [0.15, 0.2) is 12.1 Å². The second kappa shape index (κ2) is 5.05. The van der Waals surface area contributed by atoms with E-state index in [0.29, 0.717) is 35.7 Å². The van der Waals surface area contributed by atoms with Crippen molar-refractivity contribution in [3.05, 3.63) is 12.1 Å². The molecule has 2 aliphatic rings. The highest BCUT2D eigenvalue weighted by molar-refractivity contribution is 7.93. The number of nitrogens with one attached hydrogen (secondary N) is 1. The van der Waals surface area contributed by atoms with Gasteiger partial charge in [0.1, 0.15) is 0 Å². The maximum atomic E-state index is 12.4. The largest absolute Gasteiger partial charge is 0.454 e. The van der Waals surface area contributed by atoms with Crippen LogP contribution in [0.25, 0.3) is 0 Å². The summed E-state index contributed by atoms with van der Waals surface area (Å²) in [4.78, 5) is 0. The van der Waals surface area contributed by atoms with Gasteiger partial charge in [0.15, 0.2) is 11.5 Å². The van der Waals surface area contributed by atoms with Crippen molar-refractivity contribution < 1.29 is 17.9 Å². The summed E-state index contributed by atoms with van der Waals surface area (Å²) in [6.45, 7) is 0.133. The Hall–Kier alpha value is -1.63. The summed E-state index contributed by atoms with van der Waals surface area (Å²) >= 11 is 0. The van der Waals surface area contributed by atoms with Crippen LogP contribution in [0.3, 0.4) is 0 Å². The SMILES string of the molecule is Nc1cc2c(cc1NS(=O)(=O)C1CCCCC1)OCO2. The first-order valence-electron chi connectivity index (χ1n) is 6.77. The fourth-order valence-corrected chi connectivity index (χ4v) is 4.26. The molecule has 0 amide bonds. The molecule has 1 aliphatic carbocycles. The second-order valence-electron chi connectivity index (χ2n) is 5.20. The number of anilines is 2. The lowest BCUT2D eigenvalue weighted by Crippen LogP contribution is -2.30. The Morgan fingerprint density at radius 3 is 2.45 bits per heavy atom. The number of ether oxygens (including phenoxy) is 2. The molecule has 3 N–H and O–H groups in total.